The number of amides is 1. The molecule has 0 bridgehead atoms. The molecule has 0 spiro atoms. The fraction of sp³-hybridized carbons (Fsp3) is 0.385. The number of aromatic nitrogens is 2. The minimum atomic E-state index is -0.305. The maximum atomic E-state index is 13.2. The molecule has 1 aromatic heterocycles. The number of aromatic amines is 1. The third-order valence-corrected chi connectivity index (χ3v) is 6.57. The number of carbonyl (C=O) groups excluding carboxylic acids is 1. The van der Waals surface area contributed by atoms with Crippen LogP contribution in [0.3, 0.4) is 0 Å². The summed E-state index contributed by atoms with van der Waals surface area (Å²) in [6.45, 7) is 4.17. The first-order valence-electron chi connectivity index (χ1n) is 11.6. The molecular weight excluding hydrogens is 432 g/mol. The molecular formula is C26H30N4O4. The zero-order chi connectivity index (χ0) is 23.7. The van der Waals surface area contributed by atoms with Gasteiger partial charge in [-0.25, -0.2) is 0 Å². The van der Waals surface area contributed by atoms with Gasteiger partial charge in [0.05, 0.1) is 24.9 Å². The maximum Gasteiger partial charge on any atom is 0.231 e. The molecule has 8 nitrogen and oxygen atoms in total. The molecule has 3 aromatic rings. The Morgan fingerprint density at radius 1 is 1.26 bits per heavy atom. The van der Waals surface area contributed by atoms with Gasteiger partial charge in [0.15, 0.2) is 0 Å². The first kappa shape index (κ1) is 22.3. The highest BCUT2D eigenvalue weighted by atomic mass is 16.5. The summed E-state index contributed by atoms with van der Waals surface area (Å²) < 4.78 is 17.6. The lowest BCUT2D eigenvalue weighted by Gasteiger charge is -2.25. The topological polar surface area (TPSA) is 88.7 Å². The third kappa shape index (κ3) is 4.59. The molecule has 8 heteroatoms. The molecule has 1 fully saturated rings. The number of likely N-dealkylation sites (N-methyl/N-ethyl adjacent to an activating group) is 1. The molecule has 2 atom stereocenters. The van der Waals surface area contributed by atoms with E-state index in [0.717, 1.165) is 53.4 Å². The number of hydrogen-bond donors (Lipinski definition) is 2. The smallest absolute Gasteiger partial charge is 0.231 e. The highest BCUT2D eigenvalue weighted by Crippen LogP contribution is 2.35. The zero-order valence-corrected chi connectivity index (χ0v) is 19.8. The number of hydrogen-bond acceptors (Lipinski definition) is 6. The molecule has 178 valence electrons. The summed E-state index contributed by atoms with van der Waals surface area (Å²) >= 11 is 0. The van der Waals surface area contributed by atoms with Crippen molar-refractivity contribution < 1.29 is 19.0 Å². The van der Waals surface area contributed by atoms with E-state index >= 15 is 0 Å². The highest BCUT2D eigenvalue weighted by Gasteiger charge is 2.28. The molecule has 1 saturated heterocycles. The second-order valence-electron chi connectivity index (χ2n) is 9.09. The van der Waals surface area contributed by atoms with Crippen molar-refractivity contribution >= 4 is 11.6 Å². The average Bonchev–Trinajstić information content (AvgIpc) is 3.46. The maximum absolute atomic E-state index is 13.2. The number of benzene rings is 2. The molecule has 2 aliphatic rings. The first-order chi connectivity index (χ1) is 16.5. The Balaban J connectivity index is 1.37. The van der Waals surface area contributed by atoms with Crippen molar-refractivity contribution in [3.63, 3.8) is 0 Å². The van der Waals surface area contributed by atoms with Crippen molar-refractivity contribution in [2.45, 2.75) is 25.9 Å². The summed E-state index contributed by atoms with van der Waals surface area (Å²) in [5.41, 5.74) is 4.63. The number of carbonyl (C=O) groups is 1. The normalized spacial score (nSPS) is 19.9. The largest absolute Gasteiger partial charge is 0.497 e. The van der Waals surface area contributed by atoms with Crippen LogP contribution in [0.25, 0.3) is 11.1 Å². The van der Waals surface area contributed by atoms with Gasteiger partial charge >= 0.3 is 0 Å². The molecule has 5 rings (SSSR count). The van der Waals surface area contributed by atoms with Crippen LogP contribution in [0.2, 0.25) is 0 Å². The molecule has 3 heterocycles. The van der Waals surface area contributed by atoms with Gasteiger partial charge in [-0.15, -0.1) is 0 Å². The Hall–Kier alpha value is -3.52. The van der Waals surface area contributed by atoms with Crippen molar-refractivity contribution in [2.75, 3.05) is 39.2 Å². The van der Waals surface area contributed by atoms with Gasteiger partial charge in [0.1, 0.15) is 30.0 Å². The highest BCUT2D eigenvalue weighted by molar-refractivity contribution is 5.95. The average molecular weight is 463 g/mol. The quantitative estimate of drug-likeness (QED) is 0.581. The van der Waals surface area contributed by atoms with E-state index in [1.54, 1.807) is 13.3 Å². The van der Waals surface area contributed by atoms with Crippen LogP contribution < -0.4 is 19.5 Å². The molecule has 0 aliphatic carbocycles. The number of fused-ring (bicyclic) bond motifs is 1. The summed E-state index contributed by atoms with van der Waals surface area (Å²) in [5, 5.41) is 10.2. The van der Waals surface area contributed by atoms with Gasteiger partial charge in [0.25, 0.3) is 0 Å². The molecule has 0 saturated carbocycles. The van der Waals surface area contributed by atoms with Gasteiger partial charge < -0.3 is 24.4 Å². The van der Waals surface area contributed by atoms with Crippen molar-refractivity contribution in [2.24, 2.45) is 5.92 Å². The fourth-order valence-electron chi connectivity index (χ4n) is 4.60. The van der Waals surface area contributed by atoms with Crippen molar-refractivity contribution in [3.05, 3.63) is 53.9 Å². The summed E-state index contributed by atoms with van der Waals surface area (Å²) in [4.78, 5) is 15.5. The van der Waals surface area contributed by atoms with E-state index in [1.807, 2.05) is 43.3 Å². The van der Waals surface area contributed by atoms with Gasteiger partial charge in [0, 0.05) is 24.3 Å². The number of rotatable bonds is 6. The molecule has 2 N–H and O–H groups in total. The van der Waals surface area contributed by atoms with Crippen LogP contribution >= 0.6 is 0 Å². The summed E-state index contributed by atoms with van der Waals surface area (Å²) in [5.74, 6) is 1.84. The van der Waals surface area contributed by atoms with E-state index in [4.69, 9.17) is 14.2 Å². The van der Waals surface area contributed by atoms with Gasteiger partial charge in [-0.3, -0.25) is 9.89 Å². The number of H-pyrrole nitrogens is 1. The molecule has 2 aromatic carbocycles. The van der Waals surface area contributed by atoms with Crippen molar-refractivity contribution in [1.82, 2.24) is 15.1 Å². The minimum absolute atomic E-state index is 0.0821. The Morgan fingerprint density at radius 3 is 2.88 bits per heavy atom. The van der Waals surface area contributed by atoms with Crippen LogP contribution in [0, 0.1) is 12.8 Å². The van der Waals surface area contributed by atoms with Gasteiger partial charge in [-0.05, 0) is 68.3 Å². The predicted molar refractivity (Wildman–Crippen MR) is 130 cm³/mol. The second kappa shape index (κ2) is 9.38. The summed E-state index contributed by atoms with van der Waals surface area (Å²) in [6, 6.07) is 11.6. The number of aryl methyl sites for hydroxylation is 1. The van der Waals surface area contributed by atoms with E-state index in [-0.39, 0.29) is 17.9 Å². The molecule has 1 amide bonds. The van der Waals surface area contributed by atoms with Crippen LogP contribution in [0.1, 0.15) is 17.7 Å². The van der Waals surface area contributed by atoms with E-state index in [2.05, 4.69) is 27.5 Å². The standard InChI is InChI=1S/C26H30N4O4/c1-16-22(13-27-29-16)17-4-6-23(25(12-17)34-21-8-9-30(2)14-21)28-26(31)19-10-18-11-20(32-3)5-7-24(18)33-15-19/h4-7,11-13,19,21H,8-10,14-15H2,1-3H3,(H,27,29)(H,28,31)/t19-,21-/m0/s1. The lowest BCUT2D eigenvalue weighted by Crippen LogP contribution is -2.33. The predicted octanol–water partition coefficient (Wildman–Crippen LogP) is 3.67. The molecule has 34 heavy (non-hydrogen) atoms. The SMILES string of the molecule is COc1ccc2c(c1)C[C@H](C(=O)Nc1ccc(-c3cn[nH]c3C)cc1O[C@H]1CCN(C)C1)CO2. The van der Waals surface area contributed by atoms with Gasteiger partial charge in [-0.2, -0.15) is 5.10 Å². The number of nitrogens with zero attached hydrogens (tertiary/aromatic N) is 2. The van der Waals surface area contributed by atoms with Crippen LogP contribution in [0.5, 0.6) is 17.2 Å². The number of likely N-dealkylation sites (tertiary alicyclic amines) is 1. The lowest BCUT2D eigenvalue weighted by atomic mass is 9.95. The Kier molecular flexibility index (Phi) is 6.15. The Labute approximate surface area is 199 Å². The number of ether oxygens (including phenoxy) is 3. The van der Waals surface area contributed by atoms with Crippen LogP contribution in [-0.4, -0.2) is 61.0 Å². The van der Waals surface area contributed by atoms with E-state index in [0.29, 0.717) is 24.5 Å². The van der Waals surface area contributed by atoms with E-state index in [9.17, 15) is 4.79 Å². The third-order valence-electron chi connectivity index (χ3n) is 6.57. The first-order valence-corrected chi connectivity index (χ1v) is 11.6. The monoisotopic (exact) mass is 462 g/mol. The zero-order valence-electron chi connectivity index (χ0n) is 19.8. The van der Waals surface area contributed by atoms with Crippen molar-refractivity contribution in [1.29, 1.82) is 0 Å². The molecule has 0 unspecified atom stereocenters. The Morgan fingerprint density at radius 2 is 2.15 bits per heavy atom. The number of methoxy groups -OCH3 is 1. The van der Waals surface area contributed by atoms with Crippen LogP contribution in [-0.2, 0) is 11.2 Å². The molecule has 2 aliphatic heterocycles. The molecule has 0 radical (unpaired) electrons. The minimum Gasteiger partial charge on any atom is -0.497 e. The number of nitrogens with one attached hydrogen (secondary N) is 2. The lowest BCUT2D eigenvalue weighted by molar-refractivity contribution is -0.121. The van der Waals surface area contributed by atoms with E-state index < -0.39 is 0 Å². The van der Waals surface area contributed by atoms with Gasteiger partial charge in [0.2, 0.25) is 5.91 Å². The van der Waals surface area contributed by atoms with Gasteiger partial charge in [-0.1, -0.05) is 6.07 Å². The van der Waals surface area contributed by atoms with E-state index in [1.165, 1.54) is 0 Å². The fourth-order valence-corrected chi connectivity index (χ4v) is 4.60. The van der Waals surface area contributed by atoms with Crippen LogP contribution in [0.4, 0.5) is 5.69 Å². The van der Waals surface area contributed by atoms with Crippen molar-refractivity contribution in [3.8, 4) is 28.4 Å². The second-order valence-corrected chi connectivity index (χ2v) is 9.09. The number of anilines is 1. The summed E-state index contributed by atoms with van der Waals surface area (Å²) in [6.07, 6.45) is 3.43. The summed E-state index contributed by atoms with van der Waals surface area (Å²) in [7, 11) is 3.72. The van der Waals surface area contributed by atoms with Crippen LogP contribution in [0.15, 0.2) is 42.6 Å². The Bertz CT molecular complexity index is 1190.